The number of H-pyrrole nitrogens is 1. The van der Waals surface area contributed by atoms with Crippen LogP contribution < -0.4 is 5.32 Å². The van der Waals surface area contributed by atoms with Crippen LogP contribution in [0.5, 0.6) is 0 Å². The molecule has 1 amide bonds. The number of nitrogens with zero attached hydrogens (tertiary/aromatic N) is 1. The number of carbonyl (C=O) groups excluding carboxylic acids is 1. The molecule has 2 N–H and O–H groups in total. The number of aromatic amines is 1. The van der Waals surface area contributed by atoms with Gasteiger partial charge in [-0.3, -0.25) is 4.79 Å². The van der Waals surface area contributed by atoms with Crippen molar-refractivity contribution in [2.75, 3.05) is 20.3 Å². The van der Waals surface area contributed by atoms with E-state index in [0.29, 0.717) is 18.8 Å². The third-order valence-electron chi connectivity index (χ3n) is 3.09. The largest absolute Gasteiger partial charge is 0.383 e. The van der Waals surface area contributed by atoms with Gasteiger partial charge >= 0.3 is 0 Å². The highest BCUT2D eigenvalue weighted by molar-refractivity contribution is 7.13. The number of carbonyl (C=O) groups is 1. The van der Waals surface area contributed by atoms with E-state index in [2.05, 4.69) is 15.3 Å². The third-order valence-corrected chi connectivity index (χ3v) is 3.96. The predicted molar refractivity (Wildman–Crippen MR) is 83.6 cm³/mol. The zero-order valence-corrected chi connectivity index (χ0v) is 12.4. The Hall–Kier alpha value is -2.18. The molecular weight excluding hydrogens is 286 g/mol. The molecule has 2 aromatic heterocycles. The number of amides is 1. The number of fused-ring (bicyclic) bond motifs is 1. The number of thiazole rings is 1. The van der Waals surface area contributed by atoms with Crippen LogP contribution >= 0.6 is 11.3 Å². The number of aromatic nitrogens is 2. The zero-order chi connectivity index (χ0) is 14.7. The van der Waals surface area contributed by atoms with Crippen LogP contribution in [-0.4, -0.2) is 36.1 Å². The van der Waals surface area contributed by atoms with Gasteiger partial charge in [0.2, 0.25) is 0 Å². The fourth-order valence-electron chi connectivity index (χ4n) is 2.05. The highest BCUT2D eigenvalue weighted by Crippen LogP contribution is 2.26. The van der Waals surface area contributed by atoms with Crippen LogP contribution in [0.2, 0.25) is 0 Å². The van der Waals surface area contributed by atoms with Crippen LogP contribution in [-0.2, 0) is 4.74 Å². The first kappa shape index (κ1) is 13.8. The maximum Gasteiger partial charge on any atom is 0.270 e. The summed E-state index contributed by atoms with van der Waals surface area (Å²) in [6, 6.07) is 10.1. The van der Waals surface area contributed by atoms with E-state index in [1.165, 1.54) is 11.3 Å². The number of nitrogens with one attached hydrogen (secondary N) is 2. The van der Waals surface area contributed by atoms with Gasteiger partial charge in [0.15, 0.2) is 0 Å². The van der Waals surface area contributed by atoms with Crippen LogP contribution in [0.15, 0.2) is 35.7 Å². The van der Waals surface area contributed by atoms with Crippen molar-refractivity contribution in [3.8, 4) is 10.7 Å². The maximum absolute atomic E-state index is 11.9. The molecule has 0 unspecified atom stereocenters. The third kappa shape index (κ3) is 2.96. The van der Waals surface area contributed by atoms with Crippen molar-refractivity contribution < 1.29 is 9.53 Å². The molecule has 0 fully saturated rings. The lowest BCUT2D eigenvalue weighted by Crippen LogP contribution is -2.27. The molecule has 21 heavy (non-hydrogen) atoms. The Bertz CT molecular complexity index is 730. The molecule has 0 atom stereocenters. The van der Waals surface area contributed by atoms with Gasteiger partial charge in [0.05, 0.1) is 12.3 Å². The van der Waals surface area contributed by atoms with E-state index in [0.717, 1.165) is 21.6 Å². The van der Waals surface area contributed by atoms with Gasteiger partial charge in [-0.05, 0) is 12.1 Å². The molecule has 2 heterocycles. The van der Waals surface area contributed by atoms with E-state index in [-0.39, 0.29) is 5.91 Å². The first-order valence-corrected chi connectivity index (χ1v) is 7.46. The second-order valence-electron chi connectivity index (χ2n) is 4.56. The Balaban J connectivity index is 1.79. The van der Waals surface area contributed by atoms with Crippen molar-refractivity contribution in [2.45, 2.75) is 0 Å². The van der Waals surface area contributed by atoms with E-state index in [1.807, 2.05) is 30.3 Å². The molecule has 3 aromatic rings. The topological polar surface area (TPSA) is 67.0 Å². The molecule has 0 aliphatic heterocycles. The lowest BCUT2D eigenvalue weighted by atomic mass is 10.2. The van der Waals surface area contributed by atoms with Gasteiger partial charge in [0.25, 0.3) is 5.91 Å². The van der Waals surface area contributed by atoms with E-state index in [4.69, 9.17) is 4.74 Å². The van der Waals surface area contributed by atoms with Gasteiger partial charge in [-0.25, -0.2) is 4.98 Å². The lowest BCUT2D eigenvalue weighted by Gasteiger charge is -2.00. The molecule has 108 valence electrons. The summed E-state index contributed by atoms with van der Waals surface area (Å²) < 4.78 is 4.90. The summed E-state index contributed by atoms with van der Waals surface area (Å²) in [6.45, 7) is 0.972. The van der Waals surface area contributed by atoms with Crippen LogP contribution in [0.3, 0.4) is 0 Å². The number of hydrogen-bond donors (Lipinski definition) is 2. The second kappa shape index (κ2) is 6.07. The van der Waals surface area contributed by atoms with Gasteiger partial charge < -0.3 is 15.0 Å². The summed E-state index contributed by atoms with van der Waals surface area (Å²) in [7, 11) is 1.60. The molecule has 6 heteroatoms. The molecule has 0 saturated heterocycles. The Kier molecular flexibility index (Phi) is 3.98. The number of para-hydroxylation sites is 1. The first-order chi connectivity index (χ1) is 10.3. The highest BCUT2D eigenvalue weighted by Gasteiger charge is 2.12. The molecule has 1 aromatic carbocycles. The molecule has 0 aliphatic carbocycles. The van der Waals surface area contributed by atoms with Crippen molar-refractivity contribution >= 4 is 28.1 Å². The van der Waals surface area contributed by atoms with E-state index < -0.39 is 0 Å². The smallest absolute Gasteiger partial charge is 0.270 e. The molecular formula is C15H15N3O2S. The van der Waals surface area contributed by atoms with Gasteiger partial charge in [-0.15, -0.1) is 11.3 Å². The van der Waals surface area contributed by atoms with Gasteiger partial charge in [-0.1, -0.05) is 18.2 Å². The van der Waals surface area contributed by atoms with Crippen LogP contribution in [0.25, 0.3) is 21.6 Å². The zero-order valence-electron chi connectivity index (χ0n) is 11.6. The summed E-state index contributed by atoms with van der Waals surface area (Å²) in [5, 5.41) is 6.47. The van der Waals surface area contributed by atoms with Gasteiger partial charge in [0, 0.05) is 29.9 Å². The van der Waals surface area contributed by atoms with Crippen LogP contribution in [0, 0.1) is 0 Å². The number of ether oxygens (including phenoxy) is 1. The van der Waals surface area contributed by atoms with Crippen molar-refractivity contribution in [2.24, 2.45) is 0 Å². The minimum atomic E-state index is -0.175. The Morgan fingerprint density at radius 3 is 3.10 bits per heavy atom. The Morgan fingerprint density at radius 2 is 2.29 bits per heavy atom. The predicted octanol–water partition coefficient (Wildman–Crippen LogP) is 2.67. The van der Waals surface area contributed by atoms with Crippen LogP contribution in [0.1, 0.15) is 10.5 Å². The molecule has 5 nitrogen and oxygen atoms in total. The fourth-order valence-corrected chi connectivity index (χ4v) is 2.82. The second-order valence-corrected chi connectivity index (χ2v) is 5.41. The molecule has 0 bridgehead atoms. The van der Waals surface area contributed by atoms with Crippen molar-refractivity contribution in [3.63, 3.8) is 0 Å². The average molecular weight is 301 g/mol. The highest BCUT2D eigenvalue weighted by atomic mass is 32.1. The molecule has 3 rings (SSSR count). The average Bonchev–Trinajstić information content (AvgIpc) is 3.13. The number of hydrogen-bond acceptors (Lipinski definition) is 4. The number of benzene rings is 1. The minimum absolute atomic E-state index is 0.175. The first-order valence-electron chi connectivity index (χ1n) is 6.59. The normalized spacial score (nSPS) is 10.9. The molecule has 0 radical (unpaired) electrons. The molecule has 0 aliphatic rings. The standard InChI is InChI=1S/C15H15N3O2S/c1-20-7-6-16-14(19)13-9-21-15(18-13)12-8-10-4-2-3-5-11(10)17-12/h2-5,8-9,17H,6-7H2,1H3,(H,16,19). The van der Waals surface area contributed by atoms with Crippen molar-refractivity contribution in [3.05, 3.63) is 41.4 Å². The van der Waals surface area contributed by atoms with Crippen molar-refractivity contribution in [1.82, 2.24) is 15.3 Å². The molecule has 0 spiro atoms. The summed E-state index contributed by atoms with van der Waals surface area (Å²) in [6.07, 6.45) is 0. The number of rotatable bonds is 5. The maximum atomic E-state index is 11.9. The molecule has 0 saturated carbocycles. The SMILES string of the molecule is COCCNC(=O)c1csc(-c2cc3ccccc3[nH]2)n1. The summed E-state index contributed by atoms with van der Waals surface area (Å²) in [4.78, 5) is 19.6. The summed E-state index contributed by atoms with van der Waals surface area (Å²) in [5.74, 6) is -0.175. The number of methoxy groups -OCH3 is 1. The Labute approximate surface area is 126 Å². The summed E-state index contributed by atoms with van der Waals surface area (Å²) >= 11 is 1.45. The van der Waals surface area contributed by atoms with E-state index in [9.17, 15) is 4.79 Å². The monoisotopic (exact) mass is 301 g/mol. The van der Waals surface area contributed by atoms with E-state index >= 15 is 0 Å². The van der Waals surface area contributed by atoms with Gasteiger partial charge in [-0.2, -0.15) is 0 Å². The van der Waals surface area contributed by atoms with Crippen LogP contribution in [0.4, 0.5) is 0 Å². The minimum Gasteiger partial charge on any atom is -0.383 e. The van der Waals surface area contributed by atoms with Gasteiger partial charge in [0.1, 0.15) is 10.7 Å². The fraction of sp³-hybridized carbons (Fsp3) is 0.200. The van der Waals surface area contributed by atoms with E-state index in [1.54, 1.807) is 12.5 Å². The lowest BCUT2D eigenvalue weighted by molar-refractivity contribution is 0.0933. The summed E-state index contributed by atoms with van der Waals surface area (Å²) in [5.41, 5.74) is 2.43. The quantitative estimate of drug-likeness (QED) is 0.712. The van der Waals surface area contributed by atoms with Crippen molar-refractivity contribution in [1.29, 1.82) is 0 Å². The Morgan fingerprint density at radius 1 is 1.43 bits per heavy atom.